The van der Waals surface area contributed by atoms with E-state index in [4.69, 9.17) is 19.3 Å². The molecule has 10 nitrogen and oxygen atoms in total. The molecule has 0 aliphatic carbocycles. The molecule has 100 heavy (non-hydrogen) atoms. The van der Waals surface area contributed by atoms with E-state index in [1.54, 1.807) is 40.0 Å². The minimum absolute atomic E-state index is 0. The van der Waals surface area contributed by atoms with Crippen LogP contribution in [0.25, 0.3) is 0 Å². The summed E-state index contributed by atoms with van der Waals surface area (Å²) in [6.45, 7) is 20.1. The van der Waals surface area contributed by atoms with Gasteiger partial charge in [0.1, 0.15) is 45.8 Å². The largest absolute Gasteiger partial charge is 0.744 e. The highest BCUT2D eigenvalue weighted by atomic mass is 32.2. The van der Waals surface area contributed by atoms with Crippen LogP contribution in [0.2, 0.25) is 0 Å². The van der Waals surface area contributed by atoms with E-state index in [0.717, 1.165) is 24.2 Å². The number of aromatic hydroxyl groups is 1. The van der Waals surface area contributed by atoms with Crippen LogP contribution in [0.15, 0.2) is 253 Å². The van der Waals surface area contributed by atoms with Crippen molar-refractivity contribution < 1.29 is 64.2 Å². The van der Waals surface area contributed by atoms with Crippen molar-refractivity contribution in [3.05, 3.63) is 264 Å². The Hall–Kier alpha value is -8.35. The number of methoxy groups -OCH3 is 1. The number of esters is 2. The highest BCUT2D eigenvalue weighted by Crippen LogP contribution is 2.35. The van der Waals surface area contributed by atoms with Gasteiger partial charge in [0.25, 0.3) is 0 Å². The van der Waals surface area contributed by atoms with Crippen LogP contribution in [0.1, 0.15) is 160 Å². The molecule has 17 heteroatoms. The summed E-state index contributed by atoms with van der Waals surface area (Å²) in [4.78, 5) is 29.5. The van der Waals surface area contributed by atoms with Gasteiger partial charge in [-0.15, -0.1) is 0 Å². The lowest BCUT2D eigenvalue weighted by atomic mass is 9.90. The Morgan fingerprint density at radius 3 is 1.13 bits per heavy atom. The third-order valence-corrected chi connectivity index (χ3v) is 20.6. The van der Waals surface area contributed by atoms with E-state index in [0.29, 0.717) is 18.1 Å². The molecule has 0 bridgehead atoms. The van der Waals surface area contributed by atoms with Crippen molar-refractivity contribution in [2.24, 2.45) is 10.8 Å². The van der Waals surface area contributed by atoms with Crippen LogP contribution in [0, 0.1) is 47.9 Å². The number of ether oxygens (including phenoxy) is 4. The number of rotatable bonds is 20. The summed E-state index contributed by atoms with van der Waals surface area (Å²) < 4.78 is 106. The number of aryl methyl sites for hydroxylation is 2. The molecular weight excluding hydrogens is 1330 g/mol. The lowest BCUT2D eigenvalue weighted by Gasteiger charge is -2.23. The van der Waals surface area contributed by atoms with Crippen molar-refractivity contribution in [2.75, 3.05) is 20.3 Å². The van der Waals surface area contributed by atoms with Crippen LogP contribution < -0.4 is 9.47 Å². The molecule has 0 aliphatic heterocycles. The summed E-state index contributed by atoms with van der Waals surface area (Å²) in [6.07, 6.45) is 2.12. The van der Waals surface area contributed by atoms with E-state index in [1.807, 2.05) is 64.1 Å². The molecule has 0 saturated heterocycles. The van der Waals surface area contributed by atoms with Crippen molar-refractivity contribution in [3.63, 3.8) is 0 Å². The van der Waals surface area contributed by atoms with E-state index in [1.165, 1.54) is 46.1 Å². The summed E-state index contributed by atoms with van der Waals surface area (Å²) >= 11 is 0. The number of carbonyl (C=O) groups is 2. The molecule has 546 valence electrons. The molecule has 9 aromatic rings. The average molecular weight is 1440 g/mol. The van der Waals surface area contributed by atoms with Gasteiger partial charge in [-0.2, -0.15) is 8.78 Å². The van der Waals surface area contributed by atoms with Crippen LogP contribution in [0.3, 0.4) is 0 Å². The maximum atomic E-state index is 13.6. The Balaban J connectivity index is 0. The lowest BCUT2D eigenvalue weighted by Crippen LogP contribution is -2.27. The molecule has 0 aromatic heterocycles. The van der Waals surface area contributed by atoms with Crippen LogP contribution >= 0.6 is 0 Å². The molecule has 9 aromatic carbocycles. The fourth-order valence-corrected chi connectivity index (χ4v) is 13.2. The van der Waals surface area contributed by atoms with Gasteiger partial charge in [-0.1, -0.05) is 205 Å². The van der Waals surface area contributed by atoms with Crippen LogP contribution in [0.4, 0.5) is 17.6 Å². The third kappa shape index (κ3) is 28.0. The van der Waals surface area contributed by atoms with Crippen LogP contribution in [0.5, 0.6) is 17.2 Å². The standard InChI is InChI=1S/2C19H17S.C15H22O3.C14H16F4O6S.C10H14O.6CH4/c2*1-16-12-14-19(15-13-16)20(17-8-4-2-5-9-17)18-10-6-3-7-11-18;1-6-15(3,4)14(16)18-11(2)12-7-9-13(17-5)10-8-12;1-4-14(2,3)13(19)24-6-5-23-11-7(15)9(17)12(25(20,21)22)10(18)8(11)16;1-3-8(2)9-4-6-10(11)7-5-9;;;;;;/h2*2-15H,1H3;7-11H,6H2,1-5H3;4-6H2,1-3H3,(H,20,21,22);4-8,11H,3H2,1-2H3;6*1H4/q2*+1;;;;;;;;;/p-1. The van der Waals surface area contributed by atoms with Gasteiger partial charge in [0.05, 0.1) is 39.7 Å². The van der Waals surface area contributed by atoms with Gasteiger partial charge in [-0.25, -0.2) is 17.2 Å². The van der Waals surface area contributed by atoms with Crippen molar-refractivity contribution in [1.82, 2.24) is 0 Å². The van der Waals surface area contributed by atoms with Gasteiger partial charge in [-0.05, 0) is 182 Å². The first-order valence-corrected chi connectivity index (χ1v) is 34.6. The molecule has 2 unspecified atom stereocenters. The predicted molar refractivity (Wildman–Crippen MR) is 406 cm³/mol. The molecule has 0 radical (unpaired) electrons. The molecule has 0 saturated carbocycles. The van der Waals surface area contributed by atoms with E-state index >= 15 is 0 Å². The fraction of sp³-hybridized carbons (Fsp3) is 0.325. The van der Waals surface area contributed by atoms with Crippen molar-refractivity contribution >= 4 is 43.8 Å². The number of phenolic OH excluding ortho intramolecular Hbond substituents is 1. The summed E-state index contributed by atoms with van der Waals surface area (Å²) in [5, 5.41) is 9.01. The smallest absolute Gasteiger partial charge is 0.312 e. The first-order chi connectivity index (χ1) is 44.7. The molecule has 9 rings (SSSR count). The third-order valence-electron chi connectivity index (χ3n) is 15.2. The Kier molecular flexibility index (Phi) is 42.6. The number of carbonyl (C=O) groups excluding carboxylic acids is 2. The molecule has 1 N–H and O–H groups in total. The van der Waals surface area contributed by atoms with E-state index in [9.17, 15) is 40.1 Å². The maximum absolute atomic E-state index is 13.6. The van der Waals surface area contributed by atoms with Gasteiger partial charge in [-0.3, -0.25) is 9.59 Å². The predicted octanol–water partition coefficient (Wildman–Crippen LogP) is 23.1. The maximum Gasteiger partial charge on any atom is 0.312 e. The summed E-state index contributed by atoms with van der Waals surface area (Å²) in [5.41, 5.74) is 3.64. The second-order valence-electron chi connectivity index (χ2n) is 23.0. The van der Waals surface area contributed by atoms with E-state index < -0.39 is 74.0 Å². The highest BCUT2D eigenvalue weighted by molar-refractivity contribution is 7.97. The van der Waals surface area contributed by atoms with Crippen molar-refractivity contribution in [2.45, 2.75) is 186 Å². The quantitative estimate of drug-likeness (QED) is 0.0195. The van der Waals surface area contributed by atoms with Gasteiger partial charge in [0.2, 0.25) is 11.6 Å². The molecule has 0 spiro atoms. The average Bonchev–Trinajstić information content (AvgIpc) is 0.774. The normalized spacial score (nSPS) is 11.1. The SMILES string of the molecule is C.C.C.C.C.C.CCC(C)(C)C(=O)OC(C)c1ccc(OC)cc1.CCC(C)(C)C(=O)OCCOc1c(F)c(F)c(S(=O)(=O)[O-])c(F)c1F.CCC(C)c1ccc(O)cc1.Cc1ccc([S+](c2ccccc2)c2ccccc2)cc1.Cc1ccc([S+](c2ccccc2)c2ccccc2)cc1. The number of hydrogen-bond donors (Lipinski definition) is 1. The lowest BCUT2D eigenvalue weighted by molar-refractivity contribution is -0.159. The molecule has 0 aliphatic rings. The van der Waals surface area contributed by atoms with E-state index in [2.05, 4.69) is 202 Å². The number of phenols is 1. The van der Waals surface area contributed by atoms with Crippen LogP contribution in [-0.4, -0.2) is 50.3 Å². The highest BCUT2D eigenvalue weighted by Gasteiger charge is 2.33. The zero-order chi connectivity index (χ0) is 69.2. The van der Waals surface area contributed by atoms with Crippen molar-refractivity contribution in [3.8, 4) is 17.2 Å². The Labute approximate surface area is 603 Å². The first kappa shape index (κ1) is 93.7. The second kappa shape index (κ2) is 45.4. The minimum Gasteiger partial charge on any atom is -0.744 e. The molecule has 0 heterocycles. The summed E-state index contributed by atoms with van der Waals surface area (Å²) in [6, 6.07) is 75.7. The summed E-state index contributed by atoms with van der Waals surface area (Å²) in [7, 11) is -4.21. The van der Waals surface area contributed by atoms with Gasteiger partial charge in [0, 0.05) is 0 Å². The monoisotopic (exact) mass is 1440 g/mol. The van der Waals surface area contributed by atoms with E-state index in [-0.39, 0.29) is 78.4 Å². The second-order valence-corrected chi connectivity index (χ2v) is 28.4. The zero-order valence-corrected chi connectivity index (χ0v) is 57.8. The fourth-order valence-electron chi connectivity index (χ4n) is 8.39. The topological polar surface area (TPSA) is 148 Å². The minimum atomic E-state index is -5.79. The molecule has 2 atom stereocenters. The number of hydrogen-bond acceptors (Lipinski definition) is 10. The Bertz CT molecular complexity index is 3630. The number of benzene rings is 9. The molecular formula is C83H109F4O10S3+. The Morgan fingerprint density at radius 1 is 0.480 bits per heavy atom. The van der Waals surface area contributed by atoms with Gasteiger partial charge >= 0.3 is 11.9 Å². The van der Waals surface area contributed by atoms with Gasteiger partial charge in [0.15, 0.2) is 46.8 Å². The number of halogens is 4. The molecule has 0 amide bonds. The summed E-state index contributed by atoms with van der Waals surface area (Å²) in [5.74, 6) is -9.77. The van der Waals surface area contributed by atoms with Crippen molar-refractivity contribution in [1.29, 1.82) is 0 Å². The first-order valence-electron chi connectivity index (χ1n) is 30.8. The zero-order valence-electron chi connectivity index (χ0n) is 55.3. The van der Waals surface area contributed by atoms with Crippen LogP contribution in [-0.2, 0) is 51.0 Å². The Morgan fingerprint density at radius 2 is 0.810 bits per heavy atom. The van der Waals surface area contributed by atoms with Gasteiger partial charge < -0.3 is 28.6 Å². The molecule has 0 fully saturated rings.